The number of hydrogen-bond donors (Lipinski definition) is 2. The van der Waals surface area contributed by atoms with E-state index in [1.165, 1.54) is 0 Å². The van der Waals surface area contributed by atoms with Crippen LogP contribution >= 0.6 is 0 Å². The fourth-order valence-corrected chi connectivity index (χ4v) is 3.36. The van der Waals surface area contributed by atoms with Crippen molar-refractivity contribution in [3.05, 3.63) is 77.9 Å². The maximum absolute atomic E-state index is 11.5. The van der Waals surface area contributed by atoms with Gasteiger partial charge < -0.3 is 4.90 Å². The molecule has 0 saturated heterocycles. The van der Waals surface area contributed by atoms with E-state index >= 15 is 0 Å². The van der Waals surface area contributed by atoms with Crippen LogP contribution in [0.4, 0.5) is 17.1 Å². The van der Waals surface area contributed by atoms with E-state index < -0.39 is 5.91 Å². The van der Waals surface area contributed by atoms with Gasteiger partial charge in [-0.05, 0) is 48.4 Å². The van der Waals surface area contributed by atoms with Crippen LogP contribution in [-0.2, 0) is 0 Å². The SMILES string of the molecule is CCN1c2ccccc2C=Nc2ccc(-c3ccc(C(=O)NO)cc3)cc21. The Morgan fingerprint density at radius 3 is 2.48 bits per heavy atom. The van der Waals surface area contributed by atoms with Crippen LogP contribution in [0.3, 0.4) is 0 Å². The van der Waals surface area contributed by atoms with E-state index in [0.29, 0.717) is 5.56 Å². The quantitative estimate of drug-likeness (QED) is 0.528. The van der Waals surface area contributed by atoms with E-state index in [0.717, 1.165) is 40.3 Å². The molecule has 0 saturated carbocycles. The number of hydrogen-bond acceptors (Lipinski definition) is 4. The fraction of sp³-hybridized carbons (Fsp3) is 0.0909. The van der Waals surface area contributed by atoms with Gasteiger partial charge in [0.25, 0.3) is 5.91 Å². The molecule has 1 heterocycles. The molecule has 2 N–H and O–H groups in total. The largest absolute Gasteiger partial charge is 0.339 e. The first-order chi connectivity index (χ1) is 13.2. The van der Waals surface area contributed by atoms with Gasteiger partial charge in [-0.2, -0.15) is 0 Å². The van der Waals surface area contributed by atoms with Crippen molar-refractivity contribution < 1.29 is 10.0 Å². The number of carbonyl (C=O) groups is 1. The van der Waals surface area contributed by atoms with E-state index in [4.69, 9.17) is 5.21 Å². The Labute approximate surface area is 157 Å². The van der Waals surface area contributed by atoms with Gasteiger partial charge in [0, 0.05) is 29.6 Å². The average Bonchev–Trinajstić information content (AvgIpc) is 2.89. The molecular formula is C22H19N3O2. The van der Waals surface area contributed by atoms with Crippen LogP contribution in [0.2, 0.25) is 0 Å². The molecule has 27 heavy (non-hydrogen) atoms. The molecule has 0 radical (unpaired) electrons. The molecule has 134 valence electrons. The summed E-state index contributed by atoms with van der Waals surface area (Å²) in [6.07, 6.45) is 1.91. The molecule has 5 heteroatoms. The Morgan fingerprint density at radius 2 is 1.74 bits per heavy atom. The molecule has 1 aliphatic heterocycles. The van der Waals surface area contributed by atoms with Crippen LogP contribution in [0, 0.1) is 0 Å². The average molecular weight is 357 g/mol. The highest BCUT2D eigenvalue weighted by Gasteiger charge is 2.18. The predicted molar refractivity (Wildman–Crippen MR) is 108 cm³/mol. The molecular weight excluding hydrogens is 338 g/mol. The number of amides is 1. The van der Waals surface area contributed by atoms with Crippen LogP contribution in [0.25, 0.3) is 11.1 Å². The van der Waals surface area contributed by atoms with Crippen LogP contribution in [-0.4, -0.2) is 23.9 Å². The normalized spacial score (nSPS) is 12.1. The summed E-state index contributed by atoms with van der Waals surface area (Å²) in [6, 6.07) is 21.5. The van der Waals surface area contributed by atoms with Crippen molar-refractivity contribution in [2.45, 2.75) is 6.92 Å². The fourth-order valence-electron chi connectivity index (χ4n) is 3.36. The Hall–Kier alpha value is -3.44. The van der Waals surface area contributed by atoms with Gasteiger partial charge in [-0.15, -0.1) is 0 Å². The first-order valence-corrected chi connectivity index (χ1v) is 8.81. The van der Waals surface area contributed by atoms with Gasteiger partial charge in [0.1, 0.15) is 0 Å². The standard InChI is InChI=1S/C22H19N3O2/c1-2-25-20-6-4-3-5-18(20)14-23-19-12-11-17(13-21(19)25)15-7-9-16(10-8-15)22(26)24-27/h3-14,27H,2H2,1H3,(H,24,26). The molecule has 1 aliphatic rings. The maximum Gasteiger partial charge on any atom is 0.274 e. The summed E-state index contributed by atoms with van der Waals surface area (Å²) in [7, 11) is 0. The summed E-state index contributed by atoms with van der Waals surface area (Å²) in [6.45, 7) is 2.95. The minimum atomic E-state index is -0.522. The predicted octanol–water partition coefficient (Wildman–Crippen LogP) is 4.69. The second-order valence-electron chi connectivity index (χ2n) is 6.28. The number of nitrogens with zero attached hydrogens (tertiary/aromatic N) is 2. The third-order valence-electron chi connectivity index (χ3n) is 4.73. The van der Waals surface area contributed by atoms with Crippen LogP contribution in [0.15, 0.2) is 71.7 Å². The highest BCUT2D eigenvalue weighted by molar-refractivity contribution is 5.97. The number of hydroxylamine groups is 1. The van der Waals surface area contributed by atoms with Gasteiger partial charge in [-0.1, -0.05) is 36.4 Å². The van der Waals surface area contributed by atoms with Gasteiger partial charge in [-0.3, -0.25) is 15.0 Å². The van der Waals surface area contributed by atoms with Crippen LogP contribution in [0.5, 0.6) is 0 Å². The van der Waals surface area contributed by atoms with Gasteiger partial charge in [0.05, 0.1) is 11.4 Å². The smallest absolute Gasteiger partial charge is 0.274 e. The van der Waals surface area contributed by atoms with E-state index in [1.54, 1.807) is 17.6 Å². The number of carbonyl (C=O) groups excluding carboxylic acids is 1. The maximum atomic E-state index is 11.5. The number of para-hydroxylation sites is 1. The Bertz CT molecular complexity index is 1030. The molecule has 0 aliphatic carbocycles. The monoisotopic (exact) mass is 357 g/mol. The lowest BCUT2D eigenvalue weighted by Crippen LogP contribution is -2.18. The number of fused-ring (bicyclic) bond motifs is 2. The molecule has 0 fully saturated rings. The minimum Gasteiger partial charge on any atom is -0.339 e. The molecule has 0 aromatic heterocycles. The lowest BCUT2D eigenvalue weighted by molar-refractivity contribution is 0.0706. The Balaban J connectivity index is 1.77. The molecule has 1 amide bonds. The zero-order valence-corrected chi connectivity index (χ0v) is 14.9. The van der Waals surface area contributed by atoms with E-state index in [9.17, 15) is 4.79 Å². The van der Waals surface area contributed by atoms with Gasteiger partial charge >= 0.3 is 0 Å². The number of rotatable bonds is 3. The Kier molecular flexibility index (Phi) is 4.44. The zero-order chi connectivity index (χ0) is 18.8. The van der Waals surface area contributed by atoms with Gasteiger partial charge in [0.2, 0.25) is 0 Å². The van der Waals surface area contributed by atoms with E-state index in [2.05, 4.69) is 35.0 Å². The number of nitrogens with one attached hydrogen (secondary N) is 1. The first kappa shape index (κ1) is 17.0. The van der Waals surface area contributed by atoms with Crippen molar-refractivity contribution >= 4 is 29.2 Å². The molecule has 5 nitrogen and oxygen atoms in total. The van der Waals surface area contributed by atoms with Crippen molar-refractivity contribution in [2.24, 2.45) is 4.99 Å². The molecule has 0 spiro atoms. The highest BCUT2D eigenvalue weighted by Crippen LogP contribution is 2.40. The van der Waals surface area contributed by atoms with Crippen molar-refractivity contribution in [1.29, 1.82) is 0 Å². The number of aliphatic imine (C=N–C) groups is 1. The van der Waals surface area contributed by atoms with Crippen molar-refractivity contribution in [2.75, 3.05) is 11.4 Å². The van der Waals surface area contributed by atoms with Crippen LogP contribution in [0.1, 0.15) is 22.8 Å². The molecule has 0 unspecified atom stereocenters. The lowest BCUT2D eigenvalue weighted by atomic mass is 10.0. The summed E-state index contributed by atoms with van der Waals surface area (Å²) in [5.74, 6) is -0.522. The first-order valence-electron chi connectivity index (χ1n) is 8.81. The minimum absolute atomic E-state index is 0.407. The zero-order valence-electron chi connectivity index (χ0n) is 14.9. The second kappa shape index (κ2) is 7.05. The summed E-state index contributed by atoms with van der Waals surface area (Å²) in [5, 5.41) is 8.75. The van der Waals surface area contributed by atoms with Crippen LogP contribution < -0.4 is 10.4 Å². The summed E-state index contributed by atoms with van der Waals surface area (Å²) in [5.41, 5.74) is 8.29. The molecule has 4 rings (SSSR count). The van der Waals surface area contributed by atoms with Gasteiger partial charge in [-0.25, -0.2) is 5.48 Å². The molecule has 0 bridgehead atoms. The number of anilines is 2. The van der Waals surface area contributed by atoms with Gasteiger partial charge in [0.15, 0.2) is 0 Å². The lowest BCUT2D eigenvalue weighted by Gasteiger charge is -2.25. The van der Waals surface area contributed by atoms with Crippen molar-refractivity contribution in [3.63, 3.8) is 0 Å². The molecule has 3 aromatic carbocycles. The summed E-state index contributed by atoms with van der Waals surface area (Å²) >= 11 is 0. The third-order valence-corrected chi connectivity index (χ3v) is 4.73. The molecule has 0 atom stereocenters. The Morgan fingerprint density at radius 1 is 1.00 bits per heavy atom. The van der Waals surface area contributed by atoms with E-state index in [-0.39, 0.29) is 0 Å². The van der Waals surface area contributed by atoms with Crippen molar-refractivity contribution in [3.8, 4) is 11.1 Å². The topological polar surface area (TPSA) is 64.9 Å². The second-order valence-corrected chi connectivity index (χ2v) is 6.28. The third kappa shape index (κ3) is 3.09. The number of benzene rings is 3. The molecule has 3 aromatic rings. The summed E-state index contributed by atoms with van der Waals surface area (Å²) < 4.78 is 0. The van der Waals surface area contributed by atoms with Crippen molar-refractivity contribution in [1.82, 2.24) is 5.48 Å². The highest BCUT2D eigenvalue weighted by atomic mass is 16.5. The summed E-state index contributed by atoms with van der Waals surface area (Å²) in [4.78, 5) is 18.4. The van der Waals surface area contributed by atoms with E-state index in [1.807, 2.05) is 42.6 Å².